The molecule has 2 unspecified atom stereocenters. The number of nitrogens with two attached hydrogens (primary N) is 1. The first-order valence-electron chi connectivity index (χ1n) is 5.00. The highest BCUT2D eigenvalue weighted by Crippen LogP contribution is 2.25. The standard InChI is InChI=1S/C11H13F2NO/c12-8-4-7(5-9(13)6-8)11(14)10-2-1-3-15-10/h4-6,10-11H,1-3,14H2. The SMILES string of the molecule is NC(c1cc(F)cc(F)c1)C1CCCO1. The fourth-order valence-electron chi connectivity index (χ4n) is 1.87. The zero-order valence-electron chi connectivity index (χ0n) is 8.25. The van der Waals surface area contributed by atoms with Crippen molar-refractivity contribution in [3.8, 4) is 0 Å². The minimum absolute atomic E-state index is 0.119. The Morgan fingerprint density at radius 3 is 2.47 bits per heavy atom. The van der Waals surface area contributed by atoms with Crippen LogP contribution >= 0.6 is 0 Å². The van der Waals surface area contributed by atoms with Gasteiger partial charge in [-0.25, -0.2) is 8.78 Å². The summed E-state index contributed by atoms with van der Waals surface area (Å²) >= 11 is 0. The van der Waals surface area contributed by atoms with E-state index in [9.17, 15) is 8.78 Å². The topological polar surface area (TPSA) is 35.2 Å². The summed E-state index contributed by atoms with van der Waals surface area (Å²) in [5, 5.41) is 0. The van der Waals surface area contributed by atoms with Gasteiger partial charge in [-0.1, -0.05) is 0 Å². The van der Waals surface area contributed by atoms with Gasteiger partial charge in [0.15, 0.2) is 0 Å². The molecular weight excluding hydrogens is 200 g/mol. The van der Waals surface area contributed by atoms with E-state index >= 15 is 0 Å². The smallest absolute Gasteiger partial charge is 0.126 e. The Balaban J connectivity index is 2.20. The van der Waals surface area contributed by atoms with E-state index in [0.717, 1.165) is 18.9 Å². The van der Waals surface area contributed by atoms with E-state index in [0.29, 0.717) is 12.2 Å². The molecule has 4 heteroatoms. The molecule has 1 aromatic rings. The van der Waals surface area contributed by atoms with Crippen molar-refractivity contribution in [3.05, 3.63) is 35.4 Å². The Labute approximate surface area is 87.0 Å². The van der Waals surface area contributed by atoms with Crippen LogP contribution in [0.3, 0.4) is 0 Å². The molecule has 2 N–H and O–H groups in total. The summed E-state index contributed by atoms with van der Waals surface area (Å²) in [5.41, 5.74) is 6.34. The maximum Gasteiger partial charge on any atom is 0.126 e. The molecule has 0 spiro atoms. The molecule has 0 saturated carbocycles. The van der Waals surface area contributed by atoms with Crippen LogP contribution in [-0.2, 0) is 4.74 Å². The Bertz CT molecular complexity index is 330. The molecule has 0 bridgehead atoms. The van der Waals surface area contributed by atoms with Gasteiger partial charge in [0.1, 0.15) is 11.6 Å². The number of hydrogen-bond acceptors (Lipinski definition) is 2. The monoisotopic (exact) mass is 213 g/mol. The van der Waals surface area contributed by atoms with Crippen LogP contribution in [0, 0.1) is 11.6 Å². The van der Waals surface area contributed by atoms with Gasteiger partial charge in [-0.3, -0.25) is 0 Å². The van der Waals surface area contributed by atoms with Crippen molar-refractivity contribution in [2.24, 2.45) is 5.73 Å². The van der Waals surface area contributed by atoms with Crippen LogP contribution in [0.5, 0.6) is 0 Å². The first-order valence-corrected chi connectivity index (χ1v) is 5.00. The van der Waals surface area contributed by atoms with Crippen LogP contribution in [0.1, 0.15) is 24.4 Å². The van der Waals surface area contributed by atoms with Gasteiger partial charge in [-0.2, -0.15) is 0 Å². The molecule has 1 fully saturated rings. The minimum atomic E-state index is -0.599. The predicted octanol–water partition coefficient (Wildman–Crippen LogP) is 2.14. The van der Waals surface area contributed by atoms with E-state index in [1.807, 2.05) is 0 Å². The first-order chi connectivity index (χ1) is 7.16. The summed E-state index contributed by atoms with van der Waals surface area (Å²) in [6, 6.07) is 2.91. The van der Waals surface area contributed by atoms with Crippen molar-refractivity contribution in [2.45, 2.75) is 25.0 Å². The van der Waals surface area contributed by atoms with Crippen LogP contribution < -0.4 is 5.73 Å². The number of halogens is 2. The van der Waals surface area contributed by atoms with Gasteiger partial charge in [0, 0.05) is 12.7 Å². The number of rotatable bonds is 2. The summed E-state index contributed by atoms with van der Waals surface area (Å²) in [6.07, 6.45) is 1.68. The Morgan fingerprint density at radius 2 is 1.93 bits per heavy atom. The molecule has 1 saturated heterocycles. The largest absolute Gasteiger partial charge is 0.376 e. The first kappa shape index (κ1) is 10.5. The van der Waals surface area contributed by atoms with Crippen LogP contribution in [0.4, 0.5) is 8.78 Å². The van der Waals surface area contributed by atoms with E-state index in [1.165, 1.54) is 12.1 Å². The van der Waals surface area contributed by atoms with E-state index < -0.39 is 17.7 Å². The number of hydrogen-bond donors (Lipinski definition) is 1. The second-order valence-corrected chi connectivity index (χ2v) is 3.78. The molecule has 2 rings (SSSR count). The van der Waals surface area contributed by atoms with Gasteiger partial charge in [0.25, 0.3) is 0 Å². The molecular formula is C11H13F2NO. The van der Waals surface area contributed by atoms with Gasteiger partial charge >= 0.3 is 0 Å². The fourth-order valence-corrected chi connectivity index (χ4v) is 1.87. The third-order valence-corrected chi connectivity index (χ3v) is 2.64. The van der Waals surface area contributed by atoms with E-state index in [4.69, 9.17) is 10.5 Å². The third kappa shape index (κ3) is 2.33. The Hall–Kier alpha value is -1.00. The maximum absolute atomic E-state index is 12.9. The highest BCUT2D eigenvalue weighted by molar-refractivity contribution is 5.22. The van der Waals surface area contributed by atoms with Crippen LogP contribution in [0.15, 0.2) is 18.2 Å². The molecule has 1 aliphatic rings. The molecule has 82 valence electrons. The molecule has 0 radical (unpaired) electrons. The van der Waals surface area contributed by atoms with Gasteiger partial charge in [-0.05, 0) is 30.5 Å². The van der Waals surface area contributed by atoms with Crippen molar-refractivity contribution in [1.29, 1.82) is 0 Å². The minimum Gasteiger partial charge on any atom is -0.376 e. The van der Waals surface area contributed by atoms with Crippen LogP contribution in [-0.4, -0.2) is 12.7 Å². The normalized spacial score (nSPS) is 23.0. The van der Waals surface area contributed by atoms with Crippen molar-refractivity contribution >= 4 is 0 Å². The van der Waals surface area contributed by atoms with E-state index in [1.54, 1.807) is 0 Å². The van der Waals surface area contributed by atoms with Gasteiger partial charge in [-0.15, -0.1) is 0 Å². The lowest BCUT2D eigenvalue weighted by Crippen LogP contribution is -2.25. The highest BCUT2D eigenvalue weighted by Gasteiger charge is 2.24. The van der Waals surface area contributed by atoms with Crippen molar-refractivity contribution < 1.29 is 13.5 Å². The Morgan fingerprint density at radius 1 is 1.27 bits per heavy atom. The predicted molar refractivity (Wildman–Crippen MR) is 52.3 cm³/mol. The molecule has 1 aliphatic heterocycles. The zero-order chi connectivity index (χ0) is 10.8. The molecule has 2 nitrogen and oxygen atoms in total. The second kappa shape index (κ2) is 4.24. The summed E-state index contributed by atoms with van der Waals surface area (Å²) in [7, 11) is 0. The lowest BCUT2D eigenvalue weighted by atomic mass is 10.0. The summed E-state index contributed by atoms with van der Waals surface area (Å²) in [5.74, 6) is -1.20. The lowest BCUT2D eigenvalue weighted by Gasteiger charge is -2.18. The van der Waals surface area contributed by atoms with Crippen LogP contribution in [0.2, 0.25) is 0 Å². The van der Waals surface area contributed by atoms with Crippen molar-refractivity contribution in [3.63, 3.8) is 0 Å². The zero-order valence-corrected chi connectivity index (χ0v) is 8.25. The summed E-state index contributed by atoms with van der Waals surface area (Å²) < 4.78 is 31.3. The second-order valence-electron chi connectivity index (χ2n) is 3.78. The number of ether oxygens (including phenoxy) is 1. The molecule has 2 atom stereocenters. The summed E-state index contributed by atoms with van der Waals surface area (Å²) in [4.78, 5) is 0. The maximum atomic E-state index is 12.9. The van der Waals surface area contributed by atoms with Crippen molar-refractivity contribution in [2.75, 3.05) is 6.61 Å². The van der Waals surface area contributed by atoms with Gasteiger partial charge in [0.2, 0.25) is 0 Å². The van der Waals surface area contributed by atoms with E-state index in [2.05, 4.69) is 0 Å². The quantitative estimate of drug-likeness (QED) is 0.816. The molecule has 1 heterocycles. The van der Waals surface area contributed by atoms with Crippen LogP contribution in [0.25, 0.3) is 0 Å². The average molecular weight is 213 g/mol. The average Bonchev–Trinajstić information content (AvgIpc) is 2.67. The van der Waals surface area contributed by atoms with E-state index in [-0.39, 0.29) is 6.10 Å². The number of benzene rings is 1. The van der Waals surface area contributed by atoms with Gasteiger partial charge in [0.05, 0.1) is 12.1 Å². The fraction of sp³-hybridized carbons (Fsp3) is 0.455. The van der Waals surface area contributed by atoms with Gasteiger partial charge < -0.3 is 10.5 Å². The molecule has 0 aliphatic carbocycles. The third-order valence-electron chi connectivity index (χ3n) is 2.64. The molecule has 0 amide bonds. The molecule has 0 aromatic heterocycles. The molecule has 1 aromatic carbocycles. The van der Waals surface area contributed by atoms with Crippen molar-refractivity contribution in [1.82, 2.24) is 0 Å². The molecule has 15 heavy (non-hydrogen) atoms. The Kier molecular flexibility index (Phi) is 2.98. The lowest BCUT2D eigenvalue weighted by molar-refractivity contribution is 0.0899. The summed E-state index contributed by atoms with van der Waals surface area (Å²) in [6.45, 7) is 0.677. The highest BCUT2D eigenvalue weighted by atomic mass is 19.1.